The summed E-state index contributed by atoms with van der Waals surface area (Å²) >= 11 is 0. The number of aromatic nitrogens is 1. The smallest absolute Gasteiger partial charge is 0.128 e. The third-order valence-electron chi connectivity index (χ3n) is 2.24. The molecule has 0 fully saturated rings. The first-order valence-electron chi connectivity index (χ1n) is 4.91. The number of anilines is 1. The third kappa shape index (κ3) is 2.97. The molecule has 0 amide bonds. The summed E-state index contributed by atoms with van der Waals surface area (Å²) in [6.45, 7) is 0.718. The highest BCUT2D eigenvalue weighted by Crippen LogP contribution is 2.20. The zero-order valence-electron chi connectivity index (χ0n) is 8.32. The maximum absolute atomic E-state index is 5.98. The van der Waals surface area contributed by atoms with Gasteiger partial charge in [0.15, 0.2) is 0 Å². The van der Waals surface area contributed by atoms with Crippen LogP contribution in [0, 0.1) is 0 Å². The highest BCUT2D eigenvalue weighted by molar-refractivity contribution is 5.40. The Kier molecular flexibility index (Phi) is 4.35. The maximum atomic E-state index is 5.98. The average Bonchev–Trinajstić information content (AvgIpc) is 2.18. The van der Waals surface area contributed by atoms with Gasteiger partial charge in [-0.25, -0.2) is 4.98 Å². The molecule has 1 aromatic rings. The van der Waals surface area contributed by atoms with Crippen molar-refractivity contribution in [2.24, 2.45) is 11.5 Å². The quantitative estimate of drug-likeness (QED) is 0.604. The molecule has 4 nitrogen and oxygen atoms in total. The van der Waals surface area contributed by atoms with Crippen molar-refractivity contribution in [3.63, 3.8) is 0 Å². The molecule has 1 heterocycles. The molecule has 4 heteroatoms. The molecular weight excluding hydrogens is 176 g/mol. The van der Waals surface area contributed by atoms with Gasteiger partial charge in [0.25, 0.3) is 0 Å². The number of rotatable bonds is 5. The van der Waals surface area contributed by atoms with Crippen LogP contribution in [0.2, 0.25) is 0 Å². The Balaban J connectivity index is 2.51. The predicted octanol–water partition coefficient (Wildman–Crippen LogP) is 0.793. The molecule has 14 heavy (non-hydrogen) atoms. The van der Waals surface area contributed by atoms with E-state index in [9.17, 15) is 0 Å². The van der Waals surface area contributed by atoms with E-state index in [1.165, 1.54) is 0 Å². The van der Waals surface area contributed by atoms with Crippen molar-refractivity contribution in [1.29, 1.82) is 0 Å². The van der Waals surface area contributed by atoms with Gasteiger partial charge in [0.2, 0.25) is 0 Å². The summed E-state index contributed by atoms with van der Waals surface area (Å²) in [5.74, 6) is 0.535. The van der Waals surface area contributed by atoms with E-state index in [0.29, 0.717) is 5.82 Å². The fourth-order valence-electron chi connectivity index (χ4n) is 1.41. The van der Waals surface area contributed by atoms with Crippen molar-refractivity contribution >= 4 is 5.82 Å². The number of hydrogen-bond donors (Lipinski definition) is 3. The Morgan fingerprint density at radius 1 is 1.36 bits per heavy atom. The lowest BCUT2D eigenvalue weighted by Gasteiger charge is -2.12. The van der Waals surface area contributed by atoms with Gasteiger partial charge in [-0.05, 0) is 25.5 Å². The number of pyridine rings is 1. The molecule has 1 aromatic heterocycles. The predicted molar refractivity (Wildman–Crippen MR) is 58.5 cm³/mol. The normalized spacial score (nSPS) is 12.7. The van der Waals surface area contributed by atoms with Gasteiger partial charge in [-0.3, -0.25) is 0 Å². The van der Waals surface area contributed by atoms with E-state index >= 15 is 0 Å². The van der Waals surface area contributed by atoms with E-state index < -0.39 is 0 Å². The molecule has 78 valence electrons. The molecule has 0 aliphatic carbocycles. The van der Waals surface area contributed by atoms with Gasteiger partial charge in [-0.2, -0.15) is 0 Å². The number of nitrogen functional groups attached to an aromatic ring is 1. The number of nitrogens with zero attached hydrogens (tertiary/aromatic N) is 1. The lowest BCUT2D eigenvalue weighted by Crippen LogP contribution is -2.13. The molecule has 0 spiro atoms. The Bertz CT molecular complexity index is 275. The van der Waals surface area contributed by atoms with Gasteiger partial charge < -0.3 is 17.2 Å². The zero-order chi connectivity index (χ0) is 10.4. The van der Waals surface area contributed by atoms with Crippen LogP contribution in [-0.4, -0.2) is 11.5 Å². The minimum Gasteiger partial charge on any atom is -0.383 e. The van der Waals surface area contributed by atoms with Crippen molar-refractivity contribution in [2.45, 2.75) is 25.3 Å². The molecule has 0 radical (unpaired) electrons. The molecule has 1 rings (SSSR count). The van der Waals surface area contributed by atoms with Crippen molar-refractivity contribution in [1.82, 2.24) is 4.98 Å². The molecule has 0 saturated heterocycles. The van der Waals surface area contributed by atoms with Crippen molar-refractivity contribution in [3.05, 3.63) is 23.9 Å². The maximum Gasteiger partial charge on any atom is 0.128 e. The summed E-state index contributed by atoms with van der Waals surface area (Å²) < 4.78 is 0. The van der Waals surface area contributed by atoms with Crippen molar-refractivity contribution in [2.75, 3.05) is 12.3 Å². The molecule has 0 aliphatic rings. The van der Waals surface area contributed by atoms with E-state index in [4.69, 9.17) is 17.2 Å². The van der Waals surface area contributed by atoms with Gasteiger partial charge in [-0.15, -0.1) is 0 Å². The summed E-state index contributed by atoms with van der Waals surface area (Å²) in [6.07, 6.45) is 4.62. The molecule has 6 N–H and O–H groups in total. The van der Waals surface area contributed by atoms with Gasteiger partial charge in [-0.1, -0.05) is 12.5 Å². The molecule has 0 aromatic carbocycles. The van der Waals surface area contributed by atoms with Crippen LogP contribution in [0.1, 0.15) is 30.9 Å². The van der Waals surface area contributed by atoms with Gasteiger partial charge in [0.1, 0.15) is 5.82 Å². The van der Waals surface area contributed by atoms with Crippen LogP contribution < -0.4 is 17.2 Å². The SMILES string of the molecule is NCCCC[C@H](N)c1cccnc1N. The zero-order valence-corrected chi connectivity index (χ0v) is 8.32. The minimum absolute atomic E-state index is 0.0183. The Morgan fingerprint density at radius 2 is 2.14 bits per heavy atom. The standard InChI is InChI=1S/C10H18N4/c11-6-2-1-5-9(12)8-4-3-7-14-10(8)13/h3-4,7,9H,1-2,5-6,11-12H2,(H2,13,14)/t9-/m0/s1. The molecule has 0 bridgehead atoms. The number of nitrogens with two attached hydrogens (primary N) is 3. The topological polar surface area (TPSA) is 91.0 Å². The van der Waals surface area contributed by atoms with Crippen LogP contribution in [-0.2, 0) is 0 Å². The summed E-state index contributed by atoms with van der Waals surface area (Å²) in [5, 5.41) is 0. The second kappa shape index (κ2) is 5.57. The van der Waals surface area contributed by atoms with Crippen LogP contribution >= 0.6 is 0 Å². The first-order chi connectivity index (χ1) is 6.75. The highest BCUT2D eigenvalue weighted by atomic mass is 14.8. The Hall–Kier alpha value is -1.13. The van der Waals surface area contributed by atoms with E-state index in [2.05, 4.69) is 4.98 Å². The summed E-state index contributed by atoms with van der Waals surface area (Å²) in [4.78, 5) is 4.00. The van der Waals surface area contributed by atoms with Crippen LogP contribution in [0.15, 0.2) is 18.3 Å². The van der Waals surface area contributed by atoms with Gasteiger partial charge in [0.05, 0.1) is 0 Å². The van der Waals surface area contributed by atoms with Crippen LogP contribution in [0.5, 0.6) is 0 Å². The molecule has 0 aliphatic heterocycles. The van der Waals surface area contributed by atoms with Crippen LogP contribution in [0.25, 0.3) is 0 Å². The van der Waals surface area contributed by atoms with E-state index in [0.717, 1.165) is 31.4 Å². The molecule has 1 atom stereocenters. The highest BCUT2D eigenvalue weighted by Gasteiger charge is 2.08. The third-order valence-corrected chi connectivity index (χ3v) is 2.24. The fourth-order valence-corrected chi connectivity index (χ4v) is 1.41. The van der Waals surface area contributed by atoms with E-state index in [1.807, 2.05) is 12.1 Å². The fraction of sp³-hybridized carbons (Fsp3) is 0.500. The minimum atomic E-state index is -0.0183. The molecule has 0 saturated carbocycles. The first kappa shape index (κ1) is 10.9. The summed E-state index contributed by atoms with van der Waals surface area (Å²) in [5.41, 5.74) is 18.0. The summed E-state index contributed by atoms with van der Waals surface area (Å²) in [7, 11) is 0. The van der Waals surface area contributed by atoms with Gasteiger partial charge in [0, 0.05) is 17.8 Å². The van der Waals surface area contributed by atoms with E-state index in [1.54, 1.807) is 6.20 Å². The first-order valence-corrected chi connectivity index (χ1v) is 4.91. The number of unbranched alkanes of at least 4 members (excludes halogenated alkanes) is 1. The number of hydrogen-bond acceptors (Lipinski definition) is 4. The lowest BCUT2D eigenvalue weighted by molar-refractivity contribution is 0.591. The lowest BCUT2D eigenvalue weighted by atomic mass is 10.0. The van der Waals surface area contributed by atoms with Crippen molar-refractivity contribution in [3.8, 4) is 0 Å². The second-order valence-corrected chi connectivity index (χ2v) is 3.37. The van der Waals surface area contributed by atoms with Crippen LogP contribution in [0.3, 0.4) is 0 Å². The second-order valence-electron chi connectivity index (χ2n) is 3.37. The summed E-state index contributed by atoms with van der Waals surface area (Å²) in [6, 6.07) is 3.76. The largest absolute Gasteiger partial charge is 0.383 e. The molecular formula is C10H18N4. The van der Waals surface area contributed by atoms with Crippen LogP contribution in [0.4, 0.5) is 5.82 Å². The monoisotopic (exact) mass is 194 g/mol. The van der Waals surface area contributed by atoms with Crippen molar-refractivity contribution < 1.29 is 0 Å². The van der Waals surface area contributed by atoms with Gasteiger partial charge >= 0.3 is 0 Å². The average molecular weight is 194 g/mol. The Morgan fingerprint density at radius 3 is 2.79 bits per heavy atom. The Labute approximate surface area is 84.5 Å². The molecule has 0 unspecified atom stereocenters. The van der Waals surface area contributed by atoms with E-state index in [-0.39, 0.29) is 6.04 Å².